The predicted octanol–water partition coefficient (Wildman–Crippen LogP) is 0.696. The molecule has 1 heterocycles. The van der Waals surface area contributed by atoms with E-state index in [4.69, 9.17) is 0 Å². The average molecular weight is 278 g/mol. The van der Waals surface area contributed by atoms with Gasteiger partial charge in [-0.2, -0.15) is 0 Å². The van der Waals surface area contributed by atoms with Gasteiger partial charge in [0.25, 0.3) is 5.91 Å². The fourth-order valence-electron chi connectivity index (χ4n) is 2.48. The molecule has 0 spiro atoms. The summed E-state index contributed by atoms with van der Waals surface area (Å²) in [6.45, 7) is 0.928. The monoisotopic (exact) mass is 278 g/mol. The maximum Gasteiger partial charge on any atom is 0.254 e. The minimum Gasteiger partial charge on any atom is -0.508 e. The summed E-state index contributed by atoms with van der Waals surface area (Å²) in [6, 6.07) is 3.79. The molecular formula is C14H18N2O4. The van der Waals surface area contributed by atoms with Gasteiger partial charge in [-0.15, -0.1) is 0 Å². The van der Waals surface area contributed by atoms with E-state index >= 15 is 0 Å². The summed E-state index contributed by atoms with van der Waals surface area (Å²) in [5, 5.41) is 21.4. The SMILES string of the molecule is CNC(=O)C1CCCN(C(=O)c2cc(O)cc(O)c2)C1. The Kier molecular flexibility index (Phi) is 4.12. The Labute approximate surface area is 117 Å². The van der Waals surface area contributed by atoms with E-state index in [0.29, 0.717) is 13.1 Å². The van der Waals surface area contributed by atoms with Crippen LogP contribution in [0.15, 0.2) is 18.2 Å². The number of benzene rings is 1. The summed E-state index contributed by atoms with van der Waals surface area (Å²) in [4.78, 5) is 25.6. The van der Waals surface area contributed by atoms with E-state index in [1.54, 1.807) is 11.9 Å². The number of carbonyl (C=O) groups is 2. The minimum absolute atomic E-state index is 0.0683. The van der Waals surface area contributed by atoms with Crippen molar-refractivity contribution in [1.29, 1.82) is 0 Å². The van der Waals surface area contributed by atoms with Crippen LogP contribution in [-0.4, -0.2) is 47.1 Å². The van der Waals surface area contributed by atoms with Crippen LogP contribution in [-0.2, 0) is 4.79 Å². The molecule has 0 saturated carbocycles. The molecule has 3 N–H and O–H groups in total. The lowest BCUT2D eigenvalue weighted by Gasteiger charge is -2.31. The van der Waals surface area contributed by atoms with Gasteiger partial charge in [0, 0.05) is 31.8 Å². The Hall–Kier alpha value is -2.24. The molecule has 20 heavy (non-hydrogen) atoms. The molecule has 0 bridgehead atoms. The van der Waals surface area contributed by atoms with Crippen molar-refractivity contribution in [2.24, 2.45) is 5.92 Å². The quantitative estimate of drug-likeness (QED) is 0.742. The number of rotatable bonds is 2. The van der Waals surface area contributed by atoms with Gasteiger partial charge < -0.3 is 20.4 Å². The van der Waals surface area contributed by atoms with Crippen molar-refractivity contribution < 1.29 is 19.8 Å². The Bertz CT molecular complexity index is 510. The number of nitrogens with one attached hydrogen (secondary N) is 1. The molecule has 0 aliphatic carbocycles. The zero-order valence-electron chi connectivity index (χ0n) is 11.3. The van der Waals surface area contributed by atoms with Gasteiger partial charge in [-0.25, -0.2) is 0 Å². The molecule has 1 aliphatic heterocycles. The molecule has 1 aromatic carbocycles. The van der Waals surface area contributed by atoms with E-state index in [1.807, 2.05) is 0 Å². The van der Waals surface area contributed by atoms with Crippen LogP contribution in [0, 0.1) is 5.92 Å². The van der Waals surface area contributed by atoms with Crippen molar-refractivity contribution in [3.8, 4) is 11.5 Å². The summed E-state index contributed by atoms with van der Waals surface area (Å²) in [5.74, 6) is -0.879. The molecule has 2 amide bonds. The molecule has 0 radical (unpaired) electrons. The molecule has 1 aromatic rings. The standard InChI is InChI=1S/C14H18N2O4/c1-15-13(19)9-3-2-4-16(8-9)14(20)10-5-11(17)7-12(18)6-10/h5-7,9,17-18H,2-4,8H2,1H3,(H,15,19). The van der Waals surface area contributed by atoms with E-state index in [-0.39, 0.29) is 34.8 Å². The second kappa shape index (κ2) is 5.81. The van der Waals surface area contributed by atoms with Gasteiger partial charge in [0.1, 0.15) is 11.5 Å². The number of amides is 2. The number of hydrogen-bond acceptors (Lipinski definition) is 4. The Morgan fingerprint density at radius 1 is 1.25 bits per heavy atom. The average Bonchev–Trinajstić information content (AvgIpc) is 2.44. The van der Waals surface area contributed by atoms with Gasteiger partial charge >= 0.3 is 0 Å². The lowest BCUT2D eigenvalue weighted by molar-refractivity contribution is -0.125. The highest BCUT2D eigenvalue weighted by Crippen LogP contribution is 2.24. The second-order valence-corrected chi connectivity index (χ2v) is 4.94. The first-order valence-electron chi connectivity index (χ1n) is 6.55. The Morgan fingerprint density at radius 2 is 1.90 bits per heavy atom. The Morgan fingerprint density at radius 3 is 2.50 bits per heavy atom. The lowest BCUT2D eigenvalue weighted by Crippen LogP contribution is -2.44. The third-order valence-electron chi connectivity index (χ3n) is 3.48. The number of piperidine rings is 1. The first-order valence-corrected chi connectivity index (χ1v) is 6.55. The normalized spacial score (nSPS) is 18.6. The molecule has 1 aliphatic rings. The molecule has 2 rings (SSSR count). The first kappa shape index (κ1) is 14.2. The van der Waals surface area contributed by atoms with Crippen LogP contribution in [0.25, 0.3) is 0 Å². The van der Waals surface area contributed by atoms with Crippen LogP contribution in [0.1, 0.15) is 23.2 Å². The topological polar surface area (TPSA) is 89.9 Å². The van der Waals surface area contributed by atoms with E-state index in [1.165, 1.54) is 18.2 Å². The van der Waals surface area contributed by atoms with Crippen LogP contribution < -0.4 is 5.32 Å². The highest BCUT2D eigenvalue weighted by atomic mass is 16.3. The van der Waals surface area contributed by atoms with Crippen LogP contribution >= 0.6 is 0 Å². The van der Waals surface area contributed by atoms with E-state index in [2.05, 4.69) is 5.32 Å². The first-order chi connectivity index (χ1) is 9.51. The van der Waals surface area contributed by atoms with Gasteiger partial charge in [0.15, 0.2) is 0 Å². The van der Waals surface area contributed by atoms with Gasteiger partial charge in [-0.05, 0) is 25.0 Å². The van der Waals surface area contributed by atoms with Crippen LogP contribution in [0.4, 0.5) is 0 Å². The van der Waals surface area contributed by atoms with E-state index in [9.17, 15) is 19.8 Å². The fraction of sp³-hybridized carbons (Fsp3) is 0.429. The van der Waals surface area contributed by atoms with Crippen LogP contribution in [0.5, 0.6) is 11.5 Å². The maximum atomic E-state index is 12.3. The molecule has 1 fully saturated rings. The van der Waals surface area contributed by atoms with E-state index < -0.39 is 0 Å². The molecule has 0 aromatic heterocycles. The molecule has 1 saturated heterocycles. The lowest BCUT2D eigenvalue weighted by atomic mass is 9.96. The Balaban J connectivity index is 2.14. The zero-order valence-corrected chi connectivity index (χ0v) is 11.3. The molecule has 108 valence electrons. The van der Waals surface area contributed by atoms with Gasteiger partial charge in [-0.1, -0.05) is 0 Å². The van der Waals surface area contributed by atoms with Crippen molar-refractivity contribution in [2.45, 2.75) is 12.8 Å². The highest BCUT2D eigenvalue weighted by Gasteiger charge is 2.28. The molecule has 6 nitrogen and oxygen atoms in total. The molecule has 1 atom stereocenters. The smallest absolute Gasteiger partial charge is 0.254 e. The number of hydrogen-bond donors (Lipinski definition) is 3. The highest BCUT2D eigenvalue weighted by molar-refractivity contribution is 5.95. The largest absolute Gasteiger partial charge is 0.508 e. The number of carbonyl (C=O) groups excluding carboxylic acids is 2. The minimum atomic E-state index is -0.287. The van der Waals surface area contributed by atoms with Crippen molar-refractivity contribution in [2.75, 3.05) is 20.1 Å². The number of phenols is 2. The molecule has 6 heteroatoms. The third kappa shape index (κ3) is 3.01. The number of nitrogens with zero attached hydrogens (tertiary/aromatic N) is 1. The van der Waals surface area contributed by atoms with Crippen molar-refractivity contribution >= 4 is 11.8 Å². The van der Waals surface area contributed by atoms with Crippen molar-refractivity contribution in [3.63, 3.8) is 0 Å². The number of aromatic hydroxyl groups is 2. The number of likely N-dealkylation sites (tertiary alicyclic amines) is 1. The summed E-state index contributed by atoms with van der Waals surface area (Å²) in [5.41, 5.74) is 0.222. The summed E-state index contributed by atoms with van der Waals surface area (Å²) in [6.07, 6.45) is 1.52. The second-order valence-electron chi connectivity index (χ2n) is 4.94. The summed E-state index contributed by atoms with van der Waals surface area (Å²) in [7, 11) is 1.58. The van der Waals surface area contributed by atoms with Crippen molar-refractivity contribution in [3.05, 3.63) is 23.8 Å². The number of phenolic OH excluding ortho intramolecular Hbond substituents is 2. The van der Waals surface area contributed by atoms with Gasteiger partial charge in [0.05, 0.1) is 5.92 Å². The fourth-order valence-corrected chi connectivity index (χ4v) is 2.48. The zero-order chi connectivity index (χ0) is 14.7. The summed E-state index contributed by atoms with van der Waals surface area (Å²) < 4.78 is 0. The molecular weight excluding hydrogens is 260 g/mol. The van der Waals surface area contributed by atoms with E-state index in [0.717, 1.165) is 12.8 Å². The van der Waals surface area contributed by atoms with Crippen LogP contribution in [0.3, 0.4) is 0 Å². The van der Waals surface area contributed by atoms with Gasteiger partial charge in [0.2, 0.25) is 5.91 Å². The van der Waals surface area contributed by atoms with Crippen LogP contribution in [0.2, 0.25) is 0 Å². The van der Waals surface area contributed by atoms with Crippen molar-refractivity contribution in [1.82, 2.24) is 10.2 Å². The third-order valence-corrected chi connectivity index (χ3v) is 3.48. The predicted molar refractivity (Wildman–Crippen MR) is 72.5 cm³/mol. The molecule has 1 unspecified atom stereocenters. The van der Waals surface area contributed by atoms with Gasteiger partial charge in [-0.3, -0.25) is 9.59 Å². The summed E-state index contributed by atoms with van der Waals surface area (Å²) >= 11 is 0. The maximum absolute atomic E-state index is 12.3.